The number of nitrogens with one attached hydrogen (secondary N) is 1. The second kappa shape index (κ2) is 8.54. The van der Waals surface area contributed by atoms with Crippen LogP contribution in [0.3, 0.4) is 0 Å². The van der Waals surface area contributed by atoms with E-state index in [0.29, 0.717) is 5.69 Å². The zero-order chi connectivity index (χ0) is 21.8. The van der Waals surface area contributed by atoms with Gasteiger partial charge in [-0.1, -0.05) is 6.07 Å². The lowest BCUT2D eigenvalue weighted by Gasteiger charge is -2.20. The predicted molar refractivity (Wildman–Crippen MR) is 100 cm³/mol. The largest absolute Gasteiger partial charge is 0.444 e. The fourth-order valence-electron chi connectivity index (χ4n) is 2.48. The van der Waals surface area contributed by atoms with Crippen LogP contribution in [0.4, 0.5) is 23.7 Å². The van der Waals surface area contributed by atoms with E-state index in [1.54, 1.807) is 39.0 Å². The van der Waals surface area contributed by atoms with Gasteiger partial charge in [-0.05, 0) is 39.0 Å². The molecule has 0 radical (unpaired) electrons. The number of nitrogens with zero attached hydrogens (tertiary/aromatic N) is 3. The molecular weight excluding hydrogens is 389 g/mol. The highest BCUT2D eigenvalue weighted by Crippen LogP contribution is 2.19. The third-order valence-electron chi connectivity index (χ3n) is 3.63. The van der Waals surface area contributed by atoms with Crippen LogP contribution in [0, 0.1) is 0 Å². The van der Waals surface area contributed by atoms with E-state index < -0.39 is 30.3 Å². The van der Waals surface area contributed by atoms with Crippen molar-refractivity contribution in [1.82, 2.24) is 14.5 Å². The van der Waals surface area contributed by atoms with Crippen LogP contribution in [-0.2, 0) is 17.8 Å². The zero-order valence-corrected chi connectivity index (χ0v) is 16.6. The highest BCUT2D eigenvalue weighted by atomic mass is 19.4. The molecule has 1 aromatic heterocycles. The Morgan fingerprint density at radius 2 is 1.93 bits per heavy atom. The molecule has 0 saturated carbocycles. The van der Waals surface area contributed by atoms with Gasteiger partial charge in [0, 0.05) is 30.7 Å². The SMILES string of the molecule is CN(Cc1nccn1CC(F)(F)F)C(=O)c1cccc(NC(=O)OC(C)(C)C)c1. The van der Waals surface area contributed by atoms with Crippen LogP contribution < -0.4 is 5.32 Å². The van der Waals surface area contributed by atoms with Gasteiger partial charge in [-0.3, -0.25) is 10.1 Å². The number of hydrogen-bond donors (Lipinski definition) is 1. The van der Waals surface area contributed by atoms with Crippen molar-refractivity contribution in [2.45, 2.75) is 45.6 Å². The first-order chi connectivity index (χ1) is 13.3. The van der Waals surface area contributed by atoms with Gasteiger partial charge < -0.3 is 14.2 Å². The summed E-state index contributed by atoms with van der Waals surface area (Å²) in [5.41, 5.74) is -0.0529. The third kappa shape index (κ3) is 7.13. The van der Waals surface area contributed by atoms with Crippen LogP contribution in [0.15, 0.2) is 36.7 Å². The lowest BCUT2D eigenvalue weighted by Crippen LogP contribution is -2.29. The van der Waals surface area contributed by atoms with Gasteiger partial charge in [-0.2, -0.15) is 13.2 Å². The molecule has 0 fully saturated rings. The Morgan fingerprint density at radius 3 is 2.55 bits per heavy atom. The molecule has 0 atom stereocenters. The minimum Gasteiger partial charge on any atom is -0.444 e. The standard InChI is InChI=1S/C19H23F3N4O3/c1-18(2,3)29-17(28)24-14-7-5-6-13(10-14)16(27)25(4)11-15-23-8-9-26(15)12-19(20,21)22/h5-10H,11-12H2,1-4H3,(H,24,28). The minimum absolute atomic E-state index is 0.106. The van der Waals surface area contributed by atoms with Gasteiger partial charge in [0.25, 0.3) is 5.91 Å². The number of benzene rings is 1. The molecule has 7 nitrogen and oxygen atoms in total. The average molecular weight is 412 g/mol. The number of carbonyl (C=O) groups is 2. The summed E-state index contributed by atoms with van der Waals surface area (Å²) in [5.74, 6) is -0.319. The summed E-state index contributed by atoms with van der Waals surface area (Å²) in [6.07, 6.45) is -2.58. The van der Waals surface area contributed by atoms with Crippen molar-refractivity contribution in [3.05, 3.63) is 48.0 Å². The number of amides is 2. The van der Waals surface area contributed by atoms with Gasteiger partial charge in [-0.15, -0.1) is 0 Å². The van der Waals surface area contributed by atoms with Crippen LogP contribution >= 0.6 is 0 Å². The summed E-state index contributed by atoms with van der Waals surface area (Å²) in [6, 6.07) is 6.18. The summed E-state index contributed by atoms with van der Waals surface area (Å²) in [4.78, 5) is 29.7. The molecule has 2 rings (SSSR count). The number of aromatic nitrogens is 2. The number of hydrogen-bond acceptors (Lipinski definition) is 4. The van der Waals surface area contributed by atoms with Crippen LogP contribution in [-0.4, -0.2) is 45.3 Å². The molecule has 1 aromatic carbocycles. The third-order valence-corrected chi connectivity index (χ3v) is 3.63. The second-order valence-electron chi connectivity index (χ2n) is 7.46. The van der Waals surface area contributed by atoms with E-state index in [2.05, 4.69) is 10.3 Å². The number of alkyl halides is 3. The average Bonchev–Trinajstić information content (AvgIpc) is 2.97. The first-order valence-corrected chi connectivity index (χ1v) is 8.76. The van der Waals surface area contributed by atoms with E-state index in [4.69, 9.17) is 4.74 Å². The summed E-state index contributed by atoms with van der Waals surface area (Å²) in [6.45, 7) is 3.89. The van der Waals surface area contributed by atoms with Crippen molar-refractivity contribution < 1.29 is 27.5 Å². The lowest BCUT2D eigenvalue weighted by atomic mass is 10.1. The Kier molecular flexibility index (Phi) is 6.55. The smallest absolute Gasteiger partial charge is 0.412 e. The van der Waals surface area contributed by atoms with Crippen LogP contribution in [0.5, 0.6) is 0 Å². The van der Waals surface area contributed by atoms with Crippen LogP contribution in [0.1, 0.15) is 37.0 Å². The lowest BCUT2D eigenvalue weighted by molar-refractivity contribution is -0.141. The maximum Gasteiger partial charge on any atom is 0.412 e. The topological polar surface area (TPSA) is 76.5 Å². The van der Waals surface area contributed by atoms with E-state index in [-0.39, 0.29) is 17.9 Å². The van der Waals surface area contributed by atoms with Gasteiger partial charge in [0.2, 0.25) is 0 Å². The maximum absolute atomic E-state index is 12.7. The van der Waals surface area contributed by atoms with Gasteiger partial charge in [0.1, 0.15) is 18.0 Å². The molecule has 10 heteroatoms. The number of anilines is 1. The normalized spacial score (nSPS) is 11.8. The van der Waals surface area contributed by atoms with Crippen molar-refractivity contribution in [2.75, 3.05) is 12.4 Å². The molecule has 2 aromatic rings. The molecule has 0 aliphatic carbocycles. The van der Waals surface area contributed by atoms with Gasteiger partial charge in [0.05, 0.1) is 6.54 Å². The van der Waals surface area contributed by atoms with Crippen LogP contribution in [0.2, 0.25) is 0 Å². The van der Waals surface area contributed by atoms with Gasteiger partial charge in [0.15, 0.2) is 0 Å². The Morgan fingerprint density at radius 1 is 1.24 bits per heavy atom. The number of halogens is 3. The fourth-order valence-corrected chi connectivity index (χ4v) is 2.48. The second-order valence-corrected chi connectivity index (χ2v) is 7.46. The maximum atomic E-state index is 12.7. The molecule has 29 heavy (non-hydrogen) atoms. The molecule has 0 aliphatic rings. The molecule has 0 saturated heterocycles. The zero-order valence-electron chi connectivity index (χ0n) is 16.6. The van der Waals surface area contributed by atoms with E-state index in [1.807, 2.05) is 0 Å². The number of rotatable bonds is 5. The minimum atomic E-state index is -4.39. The molecule has 0 spiro atoms. The van der Waals surface area contributed by atoms with E-state index in [9.17, 15) is 22.8 Å². The fraction of sp³-hybridized carbons (Fsp3) is 0.421. The molecule has 1 heterocycles. The van der Waals surface area contributed by atoms with E-state index in [0.717, 1.165) is 4.57 Å². The number of ether oxygens (including phenoxy) is 1. The highest BCUT2D eigenvalue weighted by Gasteiger charge is 2.29. The van der Waals surface area contributed by atoms with Crippen molar-refractivity contribution in [3.8, 4) is 0 Å². The Balaban J connectivity index is 2.07. The summed E-state index contributed by atoms with van der Waals surface area (Å²) in [5, 5.41) is 2.54. The van der Waals surface area contributed by atoms with Crippen molar-refractivity contribution in [2.24, 2.45) is 0 Å². The Hall–Kier alpha value is -3.04. The molecule has 0 aliphatic heterocycles. The van der Waals surface area contributed by atoms with Crippen LogP contribution in [0.25, 0.3) is 0 Å². The molecule has 1 N–H and O–H groups in total. The number of imidazole rings is 1. The van der Waals surface area contributed by atoms with Crippen molar-refractivity contribution in [1.29, 1.82) is 0 Å². The first kappa shape index (κ1) is 22.3. The summed E-state index contributed by atoms with van der Waals surface area (Å²) in [7, 11) is 1.46. The van der Waals surface area contributed by atoms with Crippen molar-refractivity contribution >= 4 is 17.7 Å². The molecular formula is C19H23F3N4O3. The molecule has 0 bridgehead atoms. The molecule has 158 valence electrons. The van der Waals surface area contributed by atoms with Gasteiger partial charge in [-0.25, -0.2) is 9.78 Å². The summed E-state index contributed by atoms with van der Waals surface area (Å²) >= 11 is 0. The van der Waals surface area contributed by atoms with E-state index >= 15 is 0 Å². The Labute approximate surface area is 166 Å². The highest BCUT2D eigenvalue weighted by molar-refractivity contribution is 5.96. The van der Waals surface area contributed by atoms with Crippen molar-refractivity contribution in [3.63, 3.8) is 0 Å². The Bertz CT molecular complexity index is 872. The molecule has 2 amide bonds. The van der Waals surface area contributed by atoms with Gasteiger partial charge >= 0.3 is 12.3 Å². The first-order valence-electron chi connectivity index (χ1n) is 8.76. The van der Waals surface area contributed by atoms with E-state index in [1.165, 1.54) is 30.4 Å². The number of carbonyl (C=O) groups excluding carboxylic acids is 2. The quantitative estimate of drug-likeness (QED) is 0.803. The monoisotopic (exact) mass is 412 g/mol. The summed E-state index contributed by atoms with van der Waals surface area (Å²) < 4.78 is 44.0. The molecule has 0 unspecified atom stereocenters. The predicted octanol–water partition coefficient (Wildman–Crippen LogP) is 4.06.